The van der Waals surface area contributed by atoms with Gasteiger partial charge in [-0.05, 0) is 43.0 Å². The van der Waals surface area contributed by atoms with Crippen molar-refractivity contribution in [2.75, 3.05) is 30.4 Å². The molecule has 1 saturated heterocycles. The number of anilines is 2. The molecule has 0 atom stereocenters. The first-order chi connectivity index (χ1) is 16.9. The molecule has 1 fully saturated rings. The molecule has 1 aliphatic rings. The minimum Gasteiger partial charge on any atom is -0.497 e. The highest BCUT2D eigenvalue weighted by atomic mass is 32.1. The minimum atomic E-state index is -0.657. The van der Waals surface area contributed by atoms with Crippen LogP contribution in [-0.2, 0) is 4.79 Å². The zero-order chi connectivity index (χ0) is 24.9. The zero-order valence-corrected chi connectivity index (χ0v) is 19.9. The summed E-state index contributed by atoms with van der Waals surface area (Å²) in [5.74, 6) is 0.769. The number of piperidine rings is 1. The van der Waals surface area contributed by atoms with E-state index in [2.05, 4.69) is 27.3 Å². The van der Waals surface area contributed by atoms with E-state index in [0.717, 1.165) is 31.1 Å². The molecule has 0 bridgehead atoms. The number of benzene rings is 1. The number of amides is 1. The van der Waals surface area contributed by atoms with Crippen molar-refractivity contribution in [3.63, 3.8) is 0 Å². The number of carbonyl (C=O) groups is 1. The van der Waals surface area contributed by atoms with Crippen LogP contribution in [0.5, 0.6) is 5.75 Å². The van der Waals surface area contributed by atoms with Gasteiger partial charge in [0.05, 0.1) is 23.7 Å². The number of nitrogens with one attached hydrogen (secondary N) is 1. The van der Waals surface area contributed by atoms with Crippen molar-refractivity contribution in [2.45, 2.75) is 19.8 Å². The van der Waals surface area contributed by atoms with Crippen molar-refractivity contribution in [3.8, 4) is 23.1 Å². The largest absolute Gasteiger partial charge is 0.497 e. The molecule has 4 rings (SSSR count). The first-order valence-electron chi connectivity index (χ1n) is 10.8. The highest BCUT2D eigenvalue weighted by Crippen LogP contribution is 2.34. The number of rotatable bonds is 7. The molecule has 11 nitrogen and oxygen atoms in total. The van der Waals surface area contributed by atoms with Gasteiger partial charge in [-0.25, -0.2) is 0 Å². The number of hydrogen-bond acceptors (Lipinski definition) is 10. The molecule has 0 unspecified atom stereocenters. The molecular weight excluding hydrogens is 472 g/mol. The maximum atomic E-state index is 12.6. The standard InChI is InChI=1S/C23H22N6O5S/c1-14-7-9-28(10-8-14)23-27-26-22(35-23)25-21(30)15(13-24)11-17-4-6-20(34-17)18-5-3-16(33-2)12-19(18)29(31)32/h3-6,11-12,14H,7-10H2,1-2H3,(H,25,26,30). The summed E-state index contributed by atoms with van der Waals surface area (Å²) in [7, 11) is 1.42. The Labute approximate surface area is 204 Å². The lowest BCUT2D eigenvalue weighted by Crippen LogP contribution is -2.32. The maximum absolute atomic E-state index is 12.6. The fourth-order valence-electron chi connectivity index (χ4n) is 3.62. The lowest BCUT2D eigenvalue weighted by molar-refractivity contribution is -0.384. The number of methoxy groups -OCH3 is 1. The van der Waals surface area contributed by atoms with Gasteiger partial charge in [-0.2, -0.15) is 5.26 Å². The van der Waals surface area contributed by atoms with E-state index in [1.807, 2.05) is 6.07 Å². The summed E-state index contributed by atoms with van der Waals surface area (Å²) in [5.41, 5.74) is -0.159. The number of nitriles is 1. The summed E-state index contributed by atoms with van der Waals surface area (Å²) < 4.78 is 10.7. The third-order valence-corrected chi connectivity index (χ3v) is 6.53. The molecule has 1 aliphatic heterocycles. The van der Waals surface area contributed by atoms with Gasteiger partial charge in [-0.15, -0.1) is 10.2 Å². The molecule has 3 aromatic rings. The van der Waals surface area contributed by atoms with Crippen LogP contribution in [0.25, 0.3) is 17.4 Å². The maximum Gasteiger partial charge on any atom is 0.284 e. The molecule has 2 aromatic heterocycles. The van der Waals surface area contributed by atoms with E-state index in [4.69, 9.17) is 9.15 Å². The van der Waals surface area contributed by atoms with Crippen LogP contribution >= 0.6 is 11.3 Å². The molecule has 12 heteroatoms. The highest BCUT2D eigenvalue weighted by Gasteiger charge is 2.22. The lowest BCUT2D eigenvalue weighted by atomic mass is 10.00. The van der Waals surface area contributed by atoms with Gasteiger partial charge in [0.1, 0.15) is 28.9 Å². The molecule has 3 heterocycles. The summed E-state index contributed by atoms with van der Waals surface area (Å²) >= 11 is 1.25. The fraction of sp³-hybridized carbons (Fsp3) is 0.304. The van der Waals surface area contributed by atoms with E-state index in [1.165, 1.54) is 48.8 Å². The van der Waals surface area contributed by atoms with Crippen LogP contribution in [0.1, 0.15) is 25.5 Å². The van der Waals surface area contributed by atoms with Gasteiger partial charge in [-0.3, -0.25) is 20.2 Å². The van der Waals surface area contributed by atoms with Crippen molar-refractivity contribution < 1.29 is 18.9 Å². The normalized spacial score (nSPS) is 14.4. The summed E-state index contributed by atoms with van der Waals surface area (Å²) in [4.78, 5) is 25.7. The van der Waals surface area contributed by atoms with Crippen molar-refractivity contribution >= 4 is 39.3 Å². The van der Waals surface area contributed by atoms with Gasteiger partial charge in [-0.1, -0.05) is 18.3 Å². The van der Waals surface area contributed by atoms with Crippen LogP contribution in [0, 0.1) is 27.4 Å². The van der Waals surface area contributed by atoms with Gasteiger partial charge < -0.3 is 14.1 Å². The van der Waals surface area contributed by atoms with E-state index in [9.17, 15) is 20.2 Å². The Morgan fingerprint density at radius 1 is 1.34 bits per heavy atom. The van der Waals surface area contributed by atoms with Gasteiger partial charge >= 0.3 is 0 Å². The molecule has 180 valence electrons. The summed E-state index contributed by atoms with van der Waals surface area (Å²) in [5, 5.41) is 32.8. The number of furan rings is 1. The monoisotopic (exact) mass is 494 g/mol. The fourth-order valence-corrected chi connectivity index (χ4v) is 4.41. The molecule has 0 spiro atoms. The third-order valence-electron chi connectivity index (χ3n) is 5.63. The van der Waals surface area contributed by atoms with Crippen LogP contribution in [0.2, 0.25) is 0 Å². The number of nitrogens with zero attached hydrogens (tertiary/aromatic N) is 5. The summed E-state index contributed by atoms with van der Waals surface area (Å²) in [6.45, 7) is 4.00. The third kappa shape index (κ3) is 5.47. The van der Waals surface area contributed by atoms with Gasteiger partial charge in [0.2, 0.25) is 10.3 Å². The molecule has 0 aliphatic carbocycles. The van der Waals surface area contributed by atoms with E-state index in [0.29, 0.717) is 16.8 Å². The van der Waals surface area contributed by atoms with Crippen LogP contribution in [0.3, 0.4) is 0 Å². The first-order valence-corrected chi connectivity index (χ1v) is 11.6. The quantitative estimate of drug-likeness (QED) is 0.217. The van der Waals surface area contributed by atoms with Crippen LogP contribution in [0.4, 0.5) is 16.0 Å². The Balaban J connectivity index is 1.49. The minimum absolute atomic E-state index is 0.192. The number of ether oxygens (including phenoxy) is 1. The smallest absolute Gasteiger partial charge is 0.284 e. The van der Waals surface area contributed by atoms with Crippen molar-refractivity contribution in [2.24, 2.45) is 5.92 Å². The second-order valence-electron chi connectivity index (χ2n) is 8.03. The number of nitro groups is 1. The van der Waals surface area contributed by atoms with E-state index >= 15 is 0 Å². The average Bonchev–Trinajstić information content (AvgIpc) is 3.52. The Morgan fingerprint density at radius 3 is 2.80 bits per heavy atom. The second kappa shape index (κ2) is 10.4. The van der Waals surface area contributed by atoms with E-state index < -0.39 is 10.8 Å². The summed E-state index contributed by atoms with van der Waals surface area (Å²) in [6, 6.07) is 9.29. The SMILES string of the molecule is COc1ccc(-c2ccc(C=C(C#N)C(=O)Nc3nnc(N4CCC(C)CC4)s3)o2)c([N+](=O)[O-])c1. The zero-order valence-electron chi connectivity index (χ0n) is 19.1. The lowest BCUT2D eigenvalue weighted by Gasteiger charge is -2.29. The number of nitro benzene ring substituents is 1. The molecule has 1 N–H and O–H groups in total. The van der Waals surface area contributed by atoms with Crippen molar-refractivity contribution in [3.05, 3.63) is 51.8 Å². The van der Waals surface area contributed by atoms with Gasteiger partial charge in [0.25, 0.3) is 11.6 Å². The van der Waals surface area contributed by atoms with E-state index in [-0.39, 0.29) is 28.3 Å². The predicted octanol–water partition coefficient (Wildman–Crippen LogP) is 4.50. The van der Waals surface area contributed by atoms with Crippen LogP contribution in [-0.4, -0.2) is 41.2 Å². The van der Waals surface area contributed by atoms with Crippen molar-refractivity contribution in [1.29, 1.82) is 5.26 Å². The Kier molecular flexibility index (Phi) is 7.07. The molecule has 35 heavy (non-hydrogen) atoms. The highest BCUT2D eigenvalue weighted by molar-refractivity contribution is 7.19. The topological polar surface area (TPSA) is 147 Å². The molecular formula is C23H22N6O5S. The van der Waals surface area contributed by atoms with Crippen molar-refractivity contribution in [1.82, 2.24) is 10.2 Å². The summed E-state index contributed by atoms with van der Waals surface area (Å²) in [6.07, 6.45) is 3.42. The molecule has 1 amide bonds. The molecule has 1 aromatic carbocycles. The van der Waals surface area contributed by atoms with Crippen LogP contribution in [0.15, 0.2) is 40.3 Å². The second-order valence-corrected chi connectivity index (χ2v) is 8.98. The number of hydrogen-bond donors (Lipinski definition) is 1. The molecule has 0 radical (unpaired) electrons. The van der Waals surface area contributed by atoms with Gasteiger partial charge in [0.15, 0.2) is 0 Å². The predicted molar refractivity (Wildman–Crippen MR) is 130 cm³/mol. The average molecular weight is 495 g/mol. The number of carbonyl (C=O) groups excluding carboxylic acids is 1. The Morgan fingerprint density at radius 2 is 2.11 bits per heavy atom. The first kappa shape index (κ1) is 23.9. The van der Waals surface area contributed by atoms with Crippen LogP contribution < -0.4 is 15.0 Å². The Bertz CT molecular complexity index is 1320. The van der Waals surface area contributed by atoms with E-state index in [1.54, 1.807) is 6.07 Å². The Hall–Kier alpha value is -4.24. The number of aromatic nitrogens is 2. The molecule has 0 saturated carbocycles. The van der Waals surface area contributed by atoms with Gasteiger partial charge in [0, 0.05) is 19.2 Å².